The summed E-state index contributed by atoms with van der Waals surface area (Å²) in [5, 5.41) is 0. The van der Waals surface area contributed by atoms with Crippen LogP contribution in [0.2, 0.25) is 0 Å². The van der Waals surface area contributed by atoms with E-state index in [0.717, 1.165) is 11.1 Å². The third-order valence-electron chi connectivity index (χ3n) is 2.94. The van der Waals surface area contributed by atoms with Crippen molar-refractivity contribution in [3.05, 3.63) is 64.1 Å². The number of sulfonamides is 1. The Kier molecular flexibility index (Phi) is 4.89. The fraction of sp³-hybridized carbons (Fsp3) is 0.214. The van der Waals surface area contributed by atoms with Crippen LogP contribution < -0.4 is 10.3 Å². The zero-order chi connectivity index (χ0) is 15.3. The average molecular weight is 308 g/mol. The number of pyridine rings is 1. The Balaban J connectivity index is 2.15. The highest BCUT2D eigenvalue weighted by molar-refractivity contribution is 7.89. The molecule has 0 radical (unpaired) electrons. The van der Waals surface area contributed by atoms with Crippen molar-refractivity contribution in [2.75, 3.05) is 7.11 Å². The lowest BCUT2D eigenvalue weighted by Crippen LogP contribution is -2.24. The van der Waals surface area contributed by atoms with E-state index in [0.29, 0.717) is 6.61 Å². The van der Waals surface area contributed by atoms with Crippen molar-refractivity contribution in [1.29, 1.82) is 0 Å². The number of ether oxygens (including phenoxy) is 1. The number of rotatable bonds is 6. The van der Waals surface area contributed by atoms with Gasteiger partial charge in [-0.05, 0) is 17.2 Å². The minimum Gasteiger partial charge on any atom is -0.380 e. The number of methoxy groups -OCH3 is 1. The molecule has 1 aromatic heterocycles. The van der Waals surface area contributed by atoms with Gasteiger partial charge in [-0.2, -0.15) is 0 Å². The molecule has 0 saturated heterocycles. The minimum absolute atomic E-state index is 0.0197. The summed E-state index contributed by atoms with van der Waals surface area (Å²) in [5.41, 5.74) is 1.41. The Hall–Kier alpha value is -1.96. The van der Waals surface area contributed by atoms with Gasteiger partial charge in [-0.25, -0.2) is 13.1 Å². The van der Waals surface area contributed by atoms with E-state index >= 15 is 0 Å². The van der Waals surface area contributed by atoms with Crippen LogP contribution in [0, 0.1) is 0 Å². The first-order valence-electron chi connectivity index (χ1n) is 6.27. The van der Waals surface area contributed by atoms with Crippen LogP contribution >= 0.6 is 0 Å². The van der Waals surface area contributed by atoms with E-state index in [9.17, 15) is 13.2 Å². The van der Waals surface area contributed by atoms with Crippen LogP contribution in [0.4, 0.5) is 0 Å². The number of hydrogen-bond acceptors (Lipinski definition) is 4. The van der Waals surface area contributed by atoms with Crippen molar-refractivity contribution in [3.8, 4) is 0 Å². The van der Waals surface area contributed by atoms with E-state index < -0.39 is 10.0 Å². The van der Waals surface area contributed by atoms with Crippen LogP contribution in [0.15, 0.2) is 52.3 Å². The van der Waals surface area contributed by atoms with Gasteiger partial charge in [-0.3, -0.25) is 4.79 Å². The highest BCUT2D eigenvalue weighted by Crippen LogP contribution is 2.11. The lowest BCUT2D eigenvalue weighted by Gasteiger charge is -2.10. The molecule has 0 aliphatic carbocycles. The maximum atomic E-state index is 12.1. The number of aromatic amines is 1. The molecule has 0 aliphatic heterocycles. The first kappa shape index (κ1) is 15.4. The predicted molar refractivity (Wildman–Crippen MR) is 78.2 cm³/mol. The quantitative estimate of drug-likeness (QED) is 0.833. The van der Waals surface area contributed by atoms with Crippen LogP contribution in [0.1, 0.15) is 11.1 Å². The zero-order valence-corrected chi connectivity index (χ0v) is 12.3. The molecule has 1 aromatic carbocycles. The monoisotopic (exact) mass is 308 g/mol. The van der Waals surface area contributed by atoms with Gasteiger partial charge in [0.1, 0.15) is 0 Å². The highest BCUT2D eigenvalue weighted by atomic mass is 32.2. The second-order valence-electron chi connectivity index (χ2n) is 4.41. The summed E-state index contributed by atoms with van der Waals surface area (Å²) in [7, 11) is -2.08. The maximum absolute atomic E-state index is 12.1. The van der Waals surface area contributed by atoms with Crippen LogP contribution in [-0.2, 0) is 27.9 Å². The maximum Gasteiger partial charge on any atom is 0.247 e. The van der Waals surface area contributed by atoms with Gasteiger partial charge in [0, 0.05) is 25.9 Å². The summed E-state index contributed by atoms with van der Waals surface area (Å²) in [5.74, 6) is 0. The Bertz CT molecular complexity index is 748. The molecule has 0 amide bonds. The molecule has 0 atom stereocenters. The summed E-state index contributed by atoms with van der Waals surface area (Å²) < 4.78 is 31.8. The Morgan fingerprint density at radius 1 is 1.14 bits per heavy atom. The van der Waals surface area contributed by atoms with E-state index in [1.807, 2.05) is 24.3 Å². The van der Waals surface area contributed by atoms with Crippen molar-refractivity contribution in [1.82, 2.24) is 9.71 Å². The predicted octanol–water partition coefficient (Wildman–Crippen LogP) is 1.000. The van der Waals surface area contributed by atoms with Crippen molar-refractivity contribution < 1.29 is 13.2 Å². The normalized spacial score (nSPS) is 11.5. The second-order valence-corrected chi connectivity index (χ2v) is 6.18. The van der Waals surface area contributed by atoms with Crippen molar-refractivity contribution in [2.24, 2.45) is 0 Å². The molecule has 0 unspecified atom stereocenters. The summed E-state index contributed by atoms with van der Waals surface area (Å²) in [4.78, 5) is 13.3. The van der Waals surface area contributed by atoms with E-state index in [2.05, 4.69) is 9.71 Å². The molecule has 0 saturated carbocycles. The van der Waals surface area contributed by atoms with Gasteiger partial charge in [-0.1, -0.05) is 24.3 Å². The minimum atomic E-state index is -3.67. The van der Waals surface area contributed by atoms with E-state index in [1.54, 1.807) is 7.11 Å². The summed E-state index contributed by atoms with van der Waals surface area (Å²) in [6, 6.07) is 9.86. The number of aromatic nitrogens is 1. The second kappa shape index (κ2) is 6.66. The molecule has 0 spiro atoms. The number of H-pyrrole nitrogens is 1. The van der Waals surface area contributed by atoms with Crippen LogP contribution in [0.5, 0.6) is 0 Å². The van der Waals surface area contributed by atoms with Gasteiger partial charge >= 0.3 is 0 Å². The number of benzene rings is 1. The zero-order valence-electron chi connectivity index (χ0n) is 11.5. The van der Waals surface area contributed by atoms with Gasteiger partial charge < -0.3 is 9.72 Å². The SMILES string of the molecule is COCc1ccccc1CNS(=O)(=O)c1ccc(=O)[nH]c1. The average Bonchev–Trinajstić information content (AvgIpc) is 2.47. The third-order valence-corrected chi connectivity index (χ3v) is 4.34. The molecule has 2 rings (SSSR count). The molecule has 0 fully saturated rings. The summed E-state index contributed by atoms with van der Waals surface area (Å²) in [6.07, 6.45) is 1.17. The standard InChI is InChI=1S/C14H16N2O4S/c1-20-10-12-5-3-2-4-11(12)8-16-21(18,19)13-6-7-14(17)15-9-13/h2-7,9,16H,8,10H2,1H3,(H,15,17). The van der Waals surface area contributed by atoms with Crippen molar-refractivity contribution >= 4 is 10.0 Å². The van der Waals surface area contributed by atoms with Gasteiger partial charge in [0.15, 0.2) is 0 Å². The van der Waals surface area contributed by atoms with Crippen LogP contribution in [0.3, 0.4) is 0 Å². The molecule has 7 heteroatoms. The summed E-state index contributed by atoms with van der Waals surface area (Å²) >= 11 is 0. The van der Waals surface area contributed by atoms with Crippen molar-refractivity contribution in [2.45, 2.75) is 18.0 Å². The lowest BCUT2D eigenvalue weighted by molar-refractivity contribution is 0.184. The van der Waals surface area contributed by atoms with E-state index in [1.165, 1.54) is 18.3 Å². The fourth-order valence-electron chi connectivity index (χ4n) is 1.85. The molecule has 0 bridgehead atoms. The molecule has 6 nitrogen and oxygen atoms in total. The molecule has 21 heavy (non-hydrogen) atoms. The van der Waals surface area contributed by atoms with Gasteiger partial charge in [-0.15, -0.1) is 0 Å². The Morgan fingerprint density at radius 2 is 1.86 bits per heavy atom. The van der Waals surface area contributed by atoms with Crippen molar-refractivity contribution in [3.63, 3.8) is 0 Å². The highest BCUT2D eigenvalue weighted by Gasteiger charge is 2.14. The Labute approximate surface area is 122 Å². The first-order valence-corrected chi connectivity index (χ1v) is 7.75. The topological polar surface area (TPSA) is 88.3 Å². The molecule has 2 N–H and O–H groups in total. The molecule has 2 aromatic rings. The van der Waals surface area contributed by atoms with Crippen LogP contribution in [-0.4, -0.2) is 20.5 Å². The Morgan fingerprint density at radius 3 is 2.48 bits per heavy atom. The first-order chi connectivity index (χ1) is 10.0. The van der Waals surface area contributed by atoms with E-state index in [4.69, 9.17) is 4.74 Å². The number of hydrogen-bond donors (Lipinski definition) is 2. The summed E-state index contributed by atoms with van der Waals surface area (Å²) in [6.45, 7) is 0.567. The van der Waals surface area contributed by atoms with Gasteiger partial charge in [0.2, 0.25) is 15.6 Å². The molecule has 0 aliphatic rings. The van der Waals surface area contributed by atoms with Gasteiger partial charge in [0.25, 0.3) is 0 Å². The van der Waals surface area contributed by atoms with E-state index in [-0.39, 0.29) is 17.0 Å². The third kappa shape index (κ3) is 4.01. The van der Waals surface area contributed by atoms with Gasteiger partial charge in [0.05, 0.1) is 11.5 Å². The fourth-order valence-corrected chi connectivity index (χ4v) is 2.82. The molecule has 112 valence electrons. The largest absolute Gasteiger partial charge is 0.380 e. The van der Waals surface area contributed by atoms with Crippen LogP contribution in [0.25, 0.3) is 0 Å². The molecular weight excluding hydrogens is 292 g/mol. The molecular formula is C14H16N2O4S. The smallest absolute Gasteiger partial charge is 0.247 e. The molecule has 1 heterocycles. The number of nitrogens with one attached hydrogen (secondary N) is 2. The lowest BCUT2D eigenvalue weighted by atomic mass is 10.1.